The van der Waals surface area contributed by atoms with Crippen molar-refractivity contribution in [3.05, 3.63) is 18.2 Å². The van der Waals surface area contributed by atoms with Gasteiger partial charge in [0.25, 0.3) is 5.91 Å². The van der Waals surface area contributed by atoms with Crippen LogP contribution in [0.4, 0.5) is 5.69 Å². The van der Waals surface area contributed by atoms with Gasteiger partial charge < -0.3 is 14.4 Å². The highest BCUT2D eigenvalue weighted by molar-refractivity contribution is 7.89. The van der Waals surface area contributed by atoms with Crippen LogP contribution < -0.4 is 9.64 Å². The smallest absolute Gasteiger partial charge is 0.265 e. The maximum atomic E-state index is 13.0. The summed E-state index contributed by atoms with van der Waals surface area (Å²) in [6, 6.07) is 4.46. The van der Waals surface area contributed by atoms with Gasteiger partial charge in [-0.05, 0) is 37.0 Å². The highest BCUT2D eigenvalue weighted by Gasteiger charge is 2.33. The Morgan fingerprint density at radius 1 is 1.13 bits per heavy atom. The Morgan fingerprint density at radius 3 is 2.53 bits per heavy atom. The summed E-state index contributed by atoms with van der Waals surface area (Å²) in [6.07, 6.45) is 1.89. The normalized spacial score (nSPS) is 21.3. The van der Waals surface area contributed by atoms with Crippen LogP contribution in [0.5, 0.6) is 5.75 Å². The van der Waals surface area contributed by atoms with Crippen molar-refractivity contribution in [3.63, 3.8) is 0 Å². The lowest BCUT2D eigenvalue weighted by Crippen LogP contribution is -2.48. The number of ether oxygens (including phenoxy) is 2. The number of carbonyl (C=O) groups is 2. The van der Waals surface area contributed by atoms with Crippen LogP contribution >= 0.6 is 0 Å². The number of anilines is 1. The number of benzene rings is 1. The van der Waals surface area contributed by atoms with Gasteiger partial charge in [-0.25, -0.2) is 8.42 Å². The van der Waals surface area contributed by atoms with Crippen molar-refractivity contribution in [2.24, 2.45) is 5.92 Å². The molecule has 2 saturated heterocycles. The van der Waals surface area contributed by atoms with E-state index < -0.39 is 10.0 Å². The summed E-state index contributed by atoms with van der Waals surface area (Å²) in [5.74, 6) is 0.495. The van der Waals surface area contributed by atoms with Gasteiger partial charge in [-0.2, -0.15) is 4.31 Å². The van der Waals surface area contributed by atoms with Crippen molar-refractivity contribution in [2.45, 2.75) is 24.7 Å². The Hall–Kier alpha value is -2.17. The highest BCUT2D eigenvalue weighted by atomic mass is 32.2. The van der Waals surface area contributed by atoms with E-state index in [1.54, 1.807) is 11.0 Å². The van der Waals surface area contributed by atoms with Crippen molar-refractivity contribution in [1.29, 1.82) is 0 Å². The lowest BCUT2D eigenvalue weighted by atomic mass is 9.99. The summed E-state index contributed by atoms with van der Waals surface area (Å²) in [7, 11) is -3.73. The van der Waals surface area contributed by atoms with E-state index >= 15 is 0 Å². The molecule has 0 spiro atoms. The Kier molecular flexibility index (Phi) is 5.99. The van der Waals surface area contributed by atoms with E-state index in [9.17, 15) is 18.0 Å². The predicted molar refractivity (Wildman–Crippen MR) is 109 cm³/mol. The van der Waals surface area contributed by atoms with Crippen LogP contribution in [0.2, 0.25) is 0 Å². The van der Waals surface area contributed by atoms with E-state index in [-0.39, 0.29) is 43.0 Å². The van der Waals surface area contributed by atoms with Gasteiger partial charge in [0.15, 0.2) is 6.61 Å². The second kappa shape index (κ2) is 8.52. The SMILES string of the molecule is CC1CCN(C(=O)CN2C(=O)COc3ccc(S(=O)(=O)N4CCOCC4)cc32)CC1. The number of hydrogen-bond acceptors (Lipinski definition) is 6. The van der Waals surface area contributed by atoms with Gasteiger partial charge in [0.05, 0.1) is 23.8 Å². The zero-order chi connectivity index (χ0) is 21.3. The van der Waals surface area contributed by atoms with Gasteiger partial charge in [-0.3, -0.25) is 14.5 Å². The Labute approximate surface area is 176 Å². The van der Waals surface area contributed by atoms with E-state index in [1.807, 2.05) is 0 Å². The molecule has 10 heteroatoms. The number of carbonyl (C=O) groups excluding carboxylic acids is 2. The quantitative estimate of drug-likeness (QED) is 0.688. The summed E-state index contributed by atoms with van der Waals surface area (Å²) in [4.78, 5) is 28.5. The number of morpholine rings is 1. The molecule has 0 aliphatic carbocycles. The molecule has 0 N–H and O–H groups in total. The molecular formula is C20H27N3O6S. The molecule has 0 bridgehead atoms. The molecule has 0 saturated carbocycles. The monoisotopic (exact) mass is 437 g/mol. The number of hydrogen-bond donors (Lipinski definition) is 0. The fourth-order valence-electron chi connectivity index (χ4n) is 3.95. The lowest BCUT2D eigenvalue weighted by Gasteiger charge is -2.34. The standard InChI is InChI=1S/C20H27N3O6S/c1-15-4-6-21(7-5-15)19(24)13-23-17-12-16(2-3-18(17)29-14-20(23)25)30(26,27)22-8-10-28-11-9-22/h2-3,12,15H,4-11,13-14H2,1H3. The molecule has 0 atom stereocenters. The summed E-state index contributed by atoms with van der Waals surface area (Å²) < 4.78 is 38.1. The second-order valence-corrected chi connectivity index (χ2v) is 9.92. The first-order valence-electron chi connectivity index (χ1n) is 10.3. The van der Waals surface area contributed by atoms with E-state index in [0.717, 1.165) is 12.8 Å². The molecule has 3 aliphatic rings. The van der Waals surface area contributed by atoms with Crippen molar-refractivity contribution >= 4 is 27.5 Å². The zero-order valence-electron chi connectivity index (χ0n) is 17.1. The molecule has 2 fully saturated rings. The van der Waals surface area contributed by atoms with E-state index in [0.29, 0.717) is 43.7 Å². The van der Waals surface area contributed by atoms with Crippen LogP contribution in [0.25, 0.3) is 0 Å². The van der Waals surface area contributed by atoms with Crippen molar-refractivity contribution < 1.29 is 27.5 Å². The van der Waals surface area contributed by atoms with Crippen molar-refractivity contribution in [3.8, 4) is 5.75 Å². The van der Waals surface area contributed by atoms with Gasteiger partial charge in [-0.15, -0.1) is 0 Å². The third-order valence-electron chi connectivity index (χ3n) is 5.91. The zero-order valence-corrected chi connectivity index (χ0v) is 17.9. The molecular weight excluding hydrogens is 410 g/mol. The van der Waals surface area contributed by atoms with Crippen LogP contribution in [0.3, 0.4) is 0 Å². The molecule has 9 nitrogen and oxygen atoms in total. The van der Waals surface area contributed by atoms with Gasteiger partial charge >= 0.3 is 0 Å². The van der Waals surface area contributed by atoms with E-state index in [1.165, 1.54) is 21.3 Å². The minimum atomic E-state index is -3.73. The lowest BCUT2D eigenvalue weighted by molar-refractivity contribution is -0.133. The molecule has 164 valence electrons. The molecule has 3 aliphatic heterocycles. The fourth-order valence-corrected chi connectivity index (χ4v) is 5.37. The van der Waals surface area contributed by atoms with Crippen molar-refractivity contribution in [2.75, 3.05) is 57.4 Å². The summed E-state index contributed by atoms with van der Waals surface area (Å²) in [5, 5.41) is 0. The van der Waals surface area contributed by atoms with Crippen LogP contribution in [-0.4, -0.2) is 82.0 Å². The fraction of sp³-hybridized carbons (Fsp3) is 0.600. The van der Waals surface area contributed by atoms with E-state index in [4.69, 9.17) is 9.47 Å². The largest absolute Gasteiger partial charge is 0.482 e. The predicted octanol–water partition coefficient (Wildman–Crippen LogP) is 0.691. The first-order valence-corrected chi connectivity index (χ1v) is 11.7. The van der Waals surface area contributed by atoms with Crippen LogP contribution in [0, 0.1) is 5.92 Å². The number of fused-ring (bicyclic) bond motifs is 1. The average molecular weight is 438 g/mol. The number of sulfonamides is 1. The maximum Gasteiger partial charge on any atom is 0.265 e. The molecule has 2 amide bonds. The third-order valence-corrected chi connectivity index (χ3v) is 7.81. The maximum absolute atomic E-state index is 13.0. The minimum absolute atomic E-state index is 0.0747. The average Bonchev–Trinajstić information content (AvgIpc) is 2.76. The summed E-state index contributed by atoms with van der Waals surface area (Å²) >= 11 is 0. The minimum Gasteiger partial charge on any atom is -0.482 e. The summed E-state index contributed by atoms with van der Waals surface area (Å²) in [5.41, 5.74) is 0.319. The van der Waals surface area contributed by atoms with Gasteiger partial charge in [0.2, 0.25) is 15.9 Å². The van der Waals surface area contributed by atoms with Gasteiger partial charge in [0.1, 0.15) is 12.3 Å². The topological polar surface area (TPSA) is 96.5 Å². The van der Waals surface area contributed by atoms with Crippen LogP contribution in [-0.2, 0) is 24.3 Å². The van der Waals surface area contributed by atoms with E-state index in [2.05, 4.69) is 6.92 Å². The molecule has 30 heavy (non-hydrogen) atoms. The number of nitrogens with zero attached hydrogens (tertiary/aromatic N) is 3. The molecule has 0 radical (unpaired) electrons. The number of rotatable bonds is 4. The highest BCUT2D eigenvalue weighted by Crippen LogP contribution is 2.35. The Balaban J connectivity index is 1.58. The number of piperidine rings is 1. The molecule has 3 heterocycles. The molecule has 1 aromatic carbocycles. The molecule has 0 unspecified atom stereocenters. The molecule has 0 aromatic heterocycles. The third kappa shape index (κ3) is 4.17. The molecule has 1 aromatic rings. The van der Waals surface area contributed by atoms with Gasteiger partial charge in [0, 0.05) is 26.2 Å². The van der Waals surface area contributed by atoms with Crippen molar-refractivity contribution in [1.82, 2.24) is 9.21 Å². The number of amides is 2. The molecule has 4 rings (SSSR count). The van der Waals surface area contributed by atoms with Gasteiger partial charge in [-0.1, -0.05) is 6.92 Å². The van der Waals surface area contributed by atoms with Crippen LogP contribution in [0.1, 0.15) is 19.8 Å². The number of likely N-dealkylation sites (tertiary alicyclic amines) is 1. The Bertz CT molecular complexity index is 920. The second-order valence-electron chi connectivity index (χ2n) is 7.98. The van der Waals surface area contributed by atoms with Crippen LogP contribution in [0.15, 0.2) is 23.1 Å². The summed E-state index contributed by atoms with van der Waals surface area (Å²) in [6.45, 7) is 4.49. The first-order chi connectivity index (χ1) is 14.4. The first kappa shape index (κ1) is 21.1. The Morgan fingerprint density at radius 2 is 1.83 bits per heavy atom.